The molecule has 6 nitrogen and oxygen atoms in total. The number of aromatic hydroxyl groups is 1. The summed E-state index contributed by atoms with van der Waals surface area (Å²) in [6.45, 7) is 2.76. The van der Waals surface area contributed by atoms with Crippen LogP contribution in [0.1, 0.15) is 36.5 Å². The molecule has 1 unspecified atom stereocenters. The number of rotatable bonds is 12. The van der Waals surface area contributed by atoms with Gasteiger partial charge in [-0.3, -0.25) is 9.59 Å². The minimum Gasteiger partial charge on any atom is -0.507 e. The number of carbonyl (C=O) groups excluding carboxylic acids is 2. The van der Waals surface area contributed by atoms with Crippen molar-refractivity contribution in [2.24, 2.45) is 0 Å². The van der Waals surface area contributed by atoms with E-state index in [1.165, 1.54) is 12.1 Å². The van der Waals surface area contributed by atoms with Crippen LogP contribution in [0, 0.1) is 0 Å². The normalized spacial score (nSPS) is 12.1. The van der Waals surface area contributed by atoms with Gasteiger partial charge in [-0.15, -0.1) is 11.8 Å². The van der Waals surface area contributed by atoms with Gasteiger partial charge in [0.25, 0.3) is 5.91 Å². The molecular formula is C19H28N2O4S. The second-order valence-electron chi connectivity index (χ2n) is 5.75. The summed E-state index contributed by atoms with van der Waals surface area (Å²) in [6, 6.07) is 6.30. The monoisotopic (exact) mass is 380 g/mol. The fraction of sp³-hybridized carbons (Fsp3) is 0.474. The van der Waals surface area contributed by atoms with Gasteiger partial charge >= 0.3 is 0 Å². The van der Waals surface area contributed by atoms with Crippen LogP contribution < -0.4 is 10.6 Å². The first-order valence-electron chi connectivity index (χ1n) is 8.78. The summed E-state index contributed by atoms with van der Waals surface area (Å²) in [4.78, 5) is 23.5. The number of phenols is 1. The van der Waals surface area contributed by atoms with Crippen molar-refractivity contribution in [2.45, 2.75) is 32.3 Å². The molecule has 1 aromatic rings. The zero-order valence-corrected chi connectivity index (χ0v) is 15.9. The highest BCUT2D eigenvalue weighted by Gasteiger charge is 2.11. The zero-order chi connectivity index (χ0) is 19.2. The lowest BCUT2D eigenvalue weighted by atomic mass is 10.1. The Balaban J connectivity index is 2.10. The molecule has 144 valence electrons. The van der Waals surface area contributed by atoms with Crippen molar-refractivity contribution in [3.63, 3.8) is 0 Å². The van der Waals surface area contributed by atoms with Gasteiger partial charge in [-0.25, -0.2) is 0 Å². The van der Waals surface area contributed by atoms with E-state index in [0.29, 0.717) is 31.7 Å². The van der Waals surface area contributed by atoms with Crippen LogP contribution in [0.3, 0.4) is 0 Å². The van der Waals surface area contributed by atoms with Gasteiger partial charge in [0.05, 0.1) is 17.4 Å². The molecule has 4 N–H and O–H groups in total. The molecule has 2 amide bonds. The first-order valence-corrected chi connectivity index (χ1v) is 9.93. The van der Waals surface area contributed by atoms with Crippen LogP contribution in [0.25, 0.3) is 0 Å². The van der Waals surface area contributed by atoms with Gasteiger partial charge in [-0.2, -0.15) is 0 Å². The molecule has 0 aliphatic rings. The summed E-state index contributed by atoms with van der Waals surface area (Å²) in [5.74, 6) is 0.732. The number of carbonyl (C=O) groups is 2. The number of phenolic OH excluding ortho intramolecular Hbond substituents is 1. The van der Waals surface area contributed by atoms with Crippen LogP contribution in [0.2, 0.25) is 0 Å². The molecule has 0 heterocycles. The molecule has 1 atom stereocenters. The first-order chi connectivity index (χ1) is 12.5. The molecule has 7 heteroatoms. The lowest BCUT2D eigenvalue weighted by Gasteiger charge is -2.12. The second kappa shape index (κ2) is 13.2. The van der Waals surface area contributed by atoms with Crippen molar-refractivity contribution in [2.75, 3.05) is 24.6 Å². The van der Waals surface area contributed by atoms with Crippen LogP contribution in [-0.2, 0) is 4.79 Å². The Morgan fingerprint density at radius 1 is 1.15 bits per heavy atom. The van der Waals surface area contributed by atoms with E-state index in [4.69, 9.17) is 0 Å². The maximum absolute atomic E-state index is 11.9. The van der Waals surface area contributed by atoms with E-state index >= 15 is 0 Å². The molecule has 0 aromatic heterocycles. The van der Waals surface area contributed by atoms with Crippen LogP contribution >= 0.6 is 11.8 Å². The summed E-state index contributed by atoms with van der Waals surface area (Å²) in [7, 11) is 0. The quantitative estimate of drug-likeness (QED) is 0.329. The van der Waals surface area contributed by atoms with E-state index in [-0.39, 0.29) is 23.1 Å². The topological polar surface area (TPSA) is 98.7 Å². The van der Waals surface area contributed by atoms with E-state index in [0.717, 1.165) is 12.2 Å². The minimum atomic E-state index is -0.611. The number of nitrogens with one attached hydrogen (secondary N) is 2. The number of hydrogen-bond donors (Lipinski definition) is 4. The molecule has 0 spiro atoms. The number of amides is 2. The molecule has 0 aliphatic heterocycles. The Morgan fingerprint density at radius 3 is 2.54 bits per heavy atom. The summed E-state index contributed by atoms with van der Waals surface area (Å²) in [5, 5.41) is 24.9. The molecule has 0 saturated carbocycles. The van der Waals surface area contributed by atoms with Crippen LogP contribution in [0.5, 0.6) is 5.75 Å². The van der Waals surface area contributed by atoms with Crippen molar-refractivity contribution in [3.05, 3.63) is 42.0 Å². The van der Waals surface area contributed by atoms with Crippen molar-refractivity contribution in [1.82, 2.24) is 10.6 Å². The number of allylic oxidation sites excluding steroid dienone is 1. The Bertz CT molecular complexity index is 593. The SMILES string of the molecule is CC/C=C\CSCC(=O)NCCC(O)CCNC(=O)c1ccccc1O. The number of benzene rings is 1. The second-order valence-corrected chi connectivity index (χ2v) is 6.78. The molecular weight excluding hydrogens is 352 g/mol. The maximum Gasteiger partial charge on any atom is 0.255 e. The average molecular weight is 381 g/mol. The van der Waals surface area contributed by atoms with Gasteiger partial charge in [0, 0.05) is 18.8 Å². The minimum absolute atomic E-state index is 0.0417. The molecule has 0 radical (unpaired) electrons. The van der Waals surface area contributed by atoms with Crippen LogP contribution in [0.15, 0.2) is 36.4 Å². The number of para-hydroxylation sites is 1. The van der Waals surface area contributed by atoms with E-state index < -0.39 is 6.10 Å². The lowest BCUT2D eigenvalue weighted by Crippen LogP contribution is -2.31. The zero-order valence-electron chi connectivity index (χ0n) is 15.1. The molecule has 0 aliphatic carbocycles. The summed E-state index contributed by atoms with van der Waals surface area (Å²) in [6.07, 6.45) is 5.31. The molecule has 0 bridgehead atoms. The van der Waals surface area contributed by atoms with Gasteiger partial charge in [0.2, 0.25) is 5.91 Å². The van der Waals surface area contributed by atoms with Crippen molar-refractivity contribution in [3.8, 4) is 5.75 Å². The van der Waals surface area contributed by atoms with Crippen LogP contribution in [-0.4, -0.2) is 52.7 Å². The van der Waals surface area contributed by atoms with Crippen LogP contribution in [0.4, 0.5) is 0 Å². The van der Waals surface area contributed by atoms with Crippen molar-refractivity contribution < 1.29 is 19.8 Å². The van der Waals surface area contributed by atoms with E-state index in [1.807, 2.05) is 6.08 Å². The summed E-state index contributed by atoms with van der Waals surface area (Å²) >= 11 is 1.55. The average Bonchev–Trinajstić information content (AvgIpc) is 2.62. The van der Waals surface area contributed by atoms with Gasteiger partial charge in [0.1, 0.15) is 5.75 Å². The van der Waals surface area contributed by atoms with Gasteiger partial charge < -0.3 is 20.8 Å². The fourth-order valence-corrected chi connectivity index (χ4v) is 2.82. The number of hydrogen-bond acceptors (Lipinski definition) is 5. The molecule has 0 fully saturated rings. The predicted octanol–water partition coefficient (Wildman–Crippen LogP) is 2.08. The predicted molar refractivity (Wildman–Crippen MR) is 105 cm³/mol. The smallest absolute Gasteiger partial charge is 0.255 e. The van der Waals surface area contributed by atoms with Gasteiger partial charge in [-0.05, 0) is 31.4 Å². The standard InChI is InChI=1S/C19H28N2O4S/c1-2-3-6-13-26-14-18(24)20-11-9-15(22)10-12-21-19(25)16-7-4-5-8-17(16)23/h3-8,15,22-23H,2,9-14H2,1H3,(H,20,24)(H,21,25)/b6-3-. The Kier molecular flexibility index (Phi) is 11.2. The fourth-order valence-electron chi connectivity index (χ4n) is 2.14. The lowest BCUT2D eigenvalue weighted by molar-refractivity contribution is -0.118. The highest BCUT2D eigenvalue weighted by Crippen LogP contribution is 2.14. The number of aliphatic hydroxyl groups is 1. The third-order valence-electron chi connectivity index (χ3n) is 3.56. The highest BCUT2D eigenvalue weighted by molar-refractivity contribution is 8.00. The maximum atomic E-state index is 11.9. The largest absolute Gasteiger partial charge is 0.507 e. The van der Waals surface area contributed by atoms with Crippen molar-refractivity contribution >= 4 is 23.6 Å². The molecule has 26 heavy (non-hydrogen) atoms. The van der Waals surface area contributed by atoms with E-state index in [9.17, 15) is 19.8 Å². The first kappa shape index (κ1) is 22.1. The van der Waals surface area contributed by atoms with E-state index in [1.54, 1.807) is 23.9 Å². The highest BCUT2D eigenvalue weighted by atomic mass is 32.2. The van der Waals surface area contributed by atoms with E-state index in [2.05, 4.69) is 23.6 Å². The summed E-state index contributed by atoms with van der Waals surface area (Å²) < 4.78 is 0. The molecule has 0 saturated heterocycles. The molecule has 1 aromatic carbocycles. The number of aliphatic hydroxyl groups excluding tert-OH is 1. The number of thioether (sulfide) groups is 1. The van der Waals surface area contributed by atoms with Gasteiger partial charge in [-0.1, -0.05) is 31.2 Å². The van der Waals surface area contributed by atoms with Crippen molar-refractivity contribution in [1.29, 1.82) is 0 Å². The van der Waals surface area contributed by atoms with Gasteiger partial charge in [0.15, 0.2) is 0 Å². The third-order valence-corrected chi connectivity index (χ3v) is 4.46. The Hall–Kier alpha value is -1.99. The Labute approximate surface area is 159 Å². The summed E-state index contributed by atoms with van der Waals surface area (Å²) in [5.41, 5.74) is 0.209. The Morgan fingerprint density at radius 2 is 1.85 bits per heavy atom. The molecule has 1 rings (SSSR count). The third kappa shape index (κ3) is 9.48.